The van der Waals surface area contributed by atoms with Gasteiger partial charge < -0.3 is 14.4 Å². The molecule has 1 saturated heterocycles. The highest BCUT2D eigenvalue weighted by Gasteiger charge is 2.35. The average Bonchev–Trinajstić information content (AvgIpc) is 3.34. The average molecular weight is 473 g/mol. The van der Waals surface area contributed by atoms with E-state index >= 15 is 0 Å². The van der Waals surface area contributed by atoms with Gasteiger partial charge in [-0.05, 0) is 53.8 Å². The standard InChI is InChI=1S/C24H28N2O6S/c1-4-17-5-7-19(8-6-17)26(13-16(2)3)33(29,30)21-9-10-22-18(11-21)12-23(27)25(22)14-20-15-31-24(28)32-20/h5-11,16,20H,4,12-15H2,1-3H3. The number of amides is 1. The molecule has 0 aliphatic carbocycles. The minimum atomic E-state index is -3.84. The number of rotatable bonds is 8. The van der Waals surface area contributed by atoms with Gasteiger partial charge in [0.15, 0.2) is 6.10 Å². The molecular formula is C24H28N2O6S. The smallest absolute Gasteiger partial charge is 0.430 e. The Morgan fingerprint density at radius 3 is 2.45 bits per heavy atom. The molecule has 1 fully saturated rings. The van der Waals surface area contributed by atoms with E-state index in [1.54, 1.807) is 12.1 Å². The normalized spacial score (nSPS) is 17.8. The van der Waals surface area contributed by atoms with Gasteiger partial charge >= 0.3 is 6.16 Å². The highest BCUT2D eigenvalue weighted by molar-refractivity contribution is 7.92. The summed E-state index contributed by atoms with van der Waals surface area (Å²) in [4.78, 5) is 25.5. The van der Waals surface area contributed by atoms with Gasteiger partial charge in [-0.25, -0.2) is 13.2 Å². The summed E-state index contributed by atoms with van der Waals surface area (Å²) >= 11 is 0. The van der Waals surface area contributed by atoms with Crippen LogP contribution in [0.5, 0.6) is 0 Å². The van der Waals surface area contributed by atoms with E-state index in [4.69, 9.17) is 9.47 Å². The number of benzene rings is 2. The number of aryl methyl sites for hydroxylation is 1. The Labute approximate surface area is 194 Å². The Balaban J connectivity index is 1.63. The molecule has 0 N–H and O–H groups in total. The number of ether oxygens (including phenoxy) is 2. The maximum Gasteiger partial charge on any atom is 0.508 e. The predicted octanol–water partition coefficient (Wildman–Crippen LogP) is 3.52. The molecule has 0 radical (unpaired) electrons. The number of carbonyl (C=O) groups excluding carboxylic acids is 2. The van der Waals surface area contributed by atoms with Crippen LogP contribution in [0.25, 0.3) is 0 Å². The summed E-state index contributed by atoms with van der Waals surface area (Å²) in [6.45, 7) is 6.60. The second-order valence-corrected chi connectivity index (χ2v) is 10.6. The fourth-order valence-corrected chi connectivity index (χ4v) is 5.76. The molecule has 1 atom stereocenters. The van der Waals surface area contributed by atoms with Gasteiger partial charge in [-0.3, -0.25) is 9.10 Å². The summed E-state index contributed by atoms with van der Waals surface area (Å²) in [5.74, 6) is -0.0508. The molecule has 176 valence electrons. The fraction of sp³-hybridized carbons (Fsp3) is 0.417. The number of hydrogen-bond acceptors (Lipinski definition) is 6. The third-order valence-corrected chi connectivity index (χ3v) is 7.56. The molecule has 2 aromatic carbocycles. The molecule has 4 rings (SSSR count). The van der Waals surface area contributed by atoms with Crippen molar-refractivity contribution in [1.82, 2.24) is 0 Å². The first-order chi connectivity index (χ1) is 15.7. The molecule has 0 spiro atoms. The first kappa shape index (κ1) is 23.1. The van der Waals surface area contributed by atoms with Crippen molar-refractivity contribution in [2.24, 2.45) is 5.92 Å². The number of hydrogen-bond donors (Lipinski definition) is 0. The molecule has 1 amide bonds. The number of carbonyl (C=O) groups is 2. The second kappa shape index (κ2) is 9.05. The van der Waals surface area contributed by atoms with Gasteiger partial charge in [0.1, 0.15) is 6.61 Å². The van der Waals surface area contributed by atoms with Crippen molar-refractivity contribution >= 4 is 33.5 Å². The van der Waals surface area contributed by atoms with E-state index in [2.05, 4.69) is 6.92 Å². The van der Waals surface area contributed by atoms with Gasteiger partial charge in [0.2, 0.25) is 5.91 Å². The number of cyclic esters (lactones) is 2. The molecule has 9 heteroatoms. The minimum absolute atomic E-state index is 0.0887. The maximum absolute atomic E-state index is 13.7. The Bertz CT molecular complexity index is 1160. The van der Waals surface area contributed by atoms with Crippen molar-refractivity contribution in [3.05, 3.63) is 53.6 Å². The molecule has 0 bridgehead atoms. The van der Waals surface area contributed by atoms with Crippen LogP contribution < -0.4 is 9.21 Å². The van der Waals surface area contributed by atoms with E-state index < -0.39 is 22.3 Å². The predicted molar refractivity (Wildman–Crippen MR) is 124 cm³/mol. The molecule has 2 heterocycles. The zero-order valence-electron chi connectivity index (χ0n) is 19.0. The first-order valence-corrected chi connectivity index (χ1v) is 12.5. The van der Waals surface area contributed by atoms with Crippen LogP contribution in [0.3, 0.4) is 0 Å². The lowest BCUT2D eigenvalue weighted by Crippen LogP contribution is -2.36. The Morgan fingerprint density at radius 1 is 1.12 bits per heavy atom. The molecule has 1 unspecified atom stereocenters. The van der Waals surface area contributed by atoms with Gasteiger partial charge in [-0.15, -0.1) is 0 Å². The third kappa shape index (κ3) is 4.68. The summed E-state index contributed by atoms with van der Waals surface area (Å²) in [6.07, 6.45) is -0.317. The Kier molecular flexibility index (Phi) is 6.34. The third-order valence-electron chi connectivity index (χ3n) is 5.77. The van der Waals surface area contributed by atoms with Crippen molar-refractivity contribution in [3.8, 4) is 0 Å². The zero-order valence-corrected chi connectivity index (χ0v) is 19.8. The van der Waals surface area contributed by atoms with E-state index in [1.807, 2.05) is 38.1 Å². The van der Waals surface area contributed by atoms with Crippen molar-refractivity contribution in [3.63, 3.8) is 0 Å². The first-order valence-electron chi connectivity index (χ1n) is 11.1. The minimum Gasteiger partial charge on any atom is -0.430 e. The van der Waals surface area contributed by atoms with Crippen LogP contribution in [0.15, 0.2) is 47.4 Å². The number of fused-ring (bicyclic) bond motifs is 1. The lowest BCUT2D eigenvalue weighted by molar-refractivity contribution is -0.117. The SMILES string of the molecule is CCc1ccc(N(CC(C)C)S(=O)(=O)c2ccc3c(c2)CC(=O)N3CC2COC(=O)O2)cc1. The summed E-state index contributed by atoms with van der Waals surface area (Å²) in [5, 5.41) is 0. The quantitative estimate of drug-likeness (QED) is 0.546. The van der Waals surface area contributed by atoms with Gasteiger partial charge in [0, 0.05) is 12.2 Å². The molecule has 2 aliphatic heterocycles. The van der Waals surface area contributed by atoms with Crippen molar-refractivity contribution in [1.29, 1.82) is 0 Å². The molecule has 33 heavy (non-hydrogen) atoms. The van der Waals surface area contributed by atoms with Crippen molar-refractivity contribution in [2.45, 2.75) is 44.6 Å². The number of anilines is 2. The highest BCUT2D eigenvalue weighted by Crippen LogP contribution is 2.34. The Morgan fingerprint density at radius 2 is 1.85 bits per heavy atom. The van der Waals surface area contributed by atoms with Crippen molar-refractivity contribution in [2.75, 3.05) is 28.9 Å². The van der Waals surface area contributed by atoms with Crippen LogP contribution in [0.4, 0.5) is 16.2 Å². The molecule has 2 aromatic rings. The lowest BCUT2D eigenvalue weighted by Gasteiger charge is -2.27. The van der Waals surface area contributed by atoms with Gasteiger partial charge in [0.25, 0.3) is 10.0 Å². The van der Waals surface area contributed by atoms with E-state index in [9.17, 15) is 18.0 Å². The molecule has 2 aliphatic rings. The van der Waals surface area contributed by atoms with Crippen LogP contribution in [0.1, 0.15) is 31.9 Å². The summed E-state index contributed by atoms with van der Waals surface area (Å²) < 4.78 is 38.6. The van der Waals surface area contributed by atoms with Gasteiger partial charge in [0.05, 0.1) is 23.5 Å². The second-order valence-electron chi connectivity index (χ2n) is 8.72. The zero-order chi connectivity index (χ0) is 23.8. The van der Waals surface area contributed by atoms with Crippen LogP contribution in [0.2, 0.25) is 0 Å². The monoisotopic (exact) mass is 472 g/mol. The fourth-order valence-electron chi connectivity index (χ4n) is 4.08. The maximum atomic E-state index is 13.7. The van der Waals surface area contributed by atoms with Crippen LogP contribution >= 0.6 is 0 Å². The van der Waals surface area contributed by atoms with Crippen LogP contribution in [0, 0.1) is 5.92 Å². The summed E-state index contributed by atoms with van der Waals surface area (Å²) in [7, 11) is -3.84. The van der Waals surface area contributed by atoms with E-state index in [1.165, 1.54) is 15.3 Å². The van der Waals surface area contributed by atoms with E-state index in [0.29, 0.717) is 23.5 Å². The topological polar surface area (TPSA) is 93.2 Å². The van der Waals surface area contributed by atoms with Crippen LogP contribution in [-0.4, -0.2) is 46.3 Å². The number of nitrogens with zero attached hydrogens (tertiary/aromatic N) is 2. The molecule has 0 saturated carbocycles. The molecule has 0 aromatic heterocycles. The largest absolute Gasteiger partial charge is 0.508 e. The van der Waals surface area contributed by atoms with Crippen molar-refractivity contribution < 1.29 is 27.5 Å². The van der Waals surface area contributed by atoms with E-state index in [0.717, 1.165) is 12.0 Å². The highest BCUT2D eigenvalue weighted by atomic mass is 32.2. The lowest BCUT2D eigenvalue weighted by atomic mass is 10.1. The van der Waals surface area contributed by atoms with E-state index in [-0.39, 0.29) is 36.3 Å². The van der Waals surface area contributed by atoms with Crippen LogP contribution in [-0.2, 0) is 37.1 Å². The Hall–Kier alpha value is -3.07. The molecular weight excluding hydrogens is 444 g/mol. The molecule has 8 nitrogen and oxygen atoms in total. The number of sulfonamides is 1. The summed E-state index contributed by atoms with van der Waals surface area (Å²) in [5.41, 5.74) is 3.01. The van der Waals surface area contributed by atoms with Gasteiger partial charge in [-0.2, -0.15) is 0 Å². The van der Waals surface area contributed by atoms with Gasteiger partial charge in [-0.1, -0.05) is 32.9 Å². The summed E-state index contributed by atoms with van der Waals surface area (Å²) in [6, 6.07) is 12.3.